The van der Waals surface area contributed by atoms with E-state index in [0.717, 1.165) is 28.8 Å². The Morgan fingerprint density at radius 2 is 2.06 bits per heavy atom. The molecule has 3 aromatic rings. The van der Waals surface area contributed by atoms with Gasteiger partial charge in [0.1, 0.15) is 39.1 Å². The molecule has 4 rings (SSSR count). The number of aromatic nitrogens is 3. The number of aromatic amines is 1. The number of benzene rings is 1. The van der Waals surface area contributed by atoms with E-state index in [1.807, 2.05) is 12.1 Å². The van der Waals surface area contributed by atoms with Crippen molar-refractivity contribution in [3.05, 3.63) is 35.8 Å². The highest BCUT2D eigenvalue weighted by molar-refractivity contribution is 7.90. The molecule has 2 aromatic heterocycles. The van der Waals surface area contributed by atoms with E-state index in [1.54, 1.807) is 20.3 Å². The number of carbonyl (C=O) groups is 1. The number of ether oxygens (including phenoxy) is 2. The minimum absolute atomic E-state index is 0.0586. The number of hydrogen-bond acceptors (Lipinski definition) is 8. The Labute approximate surface area is 198 Å². The first kappa shape index (κ1) is 23.8. The van der Waals surface area contributed by atoms with Crippen molar-refractivity contribution < 1.29 is 22.7 Å². The Hall–Kier alpha value is -3.34. The van der Waals surface area contributed by atoms with Gasteiger partial charge in [-0.1, -0.05) is 0 Å². The molecule has 34 heavy (non-hydrogen) atoms. The molecule has 2 heterocycles. The third-order valence-electron chi connectivity index (χ3n) is 6.00. The minimum Gasteiger partial charge on any atom is -0.497 e. The molecule has 1 aromatic carbocycles. The summed E-state index contributed by atoms with van der Waals surface area (Å²) in [4.78, 5) is 25.0. The number of aryl methyl sites for hydroxylation is 1. The van der Waals surface area contributed by atoms with Gasteiger partial charge in [-0.3, -0.25) is 4.79 Å². The van der Waals surface area contributed by atoms with Crippen LogP contribution >= 0.6 is 0 Å². The molecule has 0 bridgehead atoms. The molecule has 0 saturated heterocycles. The summed E-state index contributed by atoms with van der Waals surface area (Å²) in [6, 6.07) is 5.48. The average molecular weight is 488 g/mol. The van der Waals surface area contributed by atoms with E-state index in [2.05, 4.69) is 25.6 Å². The Bertz CT molecular complexity index is 1300. The van der Waals surface area contributed by atoms with Gasteiger partial charge in [-0.15, -0.1) is 0 Å². The third kappa shape index (κ3) is 5.24. The summed E-state index contributed by atoms with van der Waals surface area (Å²) >= 11 is 0. The van der Waals surface area contributed by atoms with Crippen LogP contribution in [-0.2, 0) is 27.5 Å². The Morgan fingerprint density at radius 3 is 2.79 bits per heavy atom. The van der Waals surface area contributed by atoms with E-state index in [9.17, 15) is 13.2 Å². The second-order valence-electron chi connectivity index (χ2n) is 8.43. The van der Waals surface area contributed by atoms with Crippen molar-refractivity contribution >= 4 is 38.3 Å². The van der Waals surface area contributed by atoms with Gasteiger partial charge in [0, 0.05) is 30.5 Å². The van der Waals surface area contributed by atoms with Crippen molar-refractivity contribution in [3.63, 3.8) is 0 Å². The molecule has 182 valence electrons. The lowest BCUT2D eigenvalue weighted by atomic mass is 9.86. The number of H-pyrrole nitrogens is 1. The van der Waals surface area contributed by atoms with Gasteiger partial charge in [-0.05, 0) is 43.4 Å². The van der Waals surface area contributed by atoms with Gasteiger partial charge in [0.05, 0.1) is 31.0 Å². The summed E-state index contributed by atoms with van der Waals surface area (Å²) in [5.41, 5.74) is 3.52. The lowest BCUT2D eigenvalue weighted by Crippen LogP contribution is -2.35. The van der Waals surface area contributed by atoms with Crippen LogP contribution in [0.5, 0.6) is 11.5 Å². The summed E-state index contributed by atoms with van der Waals surface area (Å²) in [7, 11) is 0.152. The molecule has 1 aliphatic rings. The number of fused-ring (bicyclic) bond motifs is 3. The first-order valence-corrected chi connectivity index (χ1v) is 13.1. The largest absolute Gasteiger partial charge is 0.497 e. The first-order valence-electron chi connectivity index (χ1n) is 11.1. The third-order valence-corrected chi connectivity index (χ3v) is 7.03. The SMILES string of the molecule is COc1ccc(Nc2ncnc3[nH]c4c(c23)C[C@@H](C(=O)NCCCS(C)(=O)=O)CC4)c(OC)c1. The number of amides is 1. The van der Waals surface area contributed by atoms with Crippen LogP contribution in [0.4, 0.5) is 11.5 Å². The van der Waals surface area contributed by atoms with Crippen LogP contribution in [0.2, 0.25) is 0 Å². The van der Waals surface area contributed by atoms with Gasteiger partial charge >= 0.3 is 0 Å². The molecule has 0 fully saturated rings. The number of carbonyl (C=O) groups excluding carboxylic acids is 1. The molecule has 10 nitrogen and oxygen atoms in total. The number of anilines is 2. The lowest BCUT2D eigenvalue weighted by molar-refractivity contribution is -0.125. The maximum atomic E-state index is 12.8. The van der Waals surface area contributed by atoms with Crippen molar-refractivity contribution in [2.24, 2.45) is 5.92 Å². The van der Waals surface area contributed by atoms with E-state index in [4.69, 9.17) is 9.47 Å². The fourth-order valence-corrected chi connectivity index (χ4v) is 4.95. The number of methoxy groups -OCH3 is 2. The summed E-state index contributed by atoms with van der Waals surface area (Å²) < 4.78 is 33.4. The fraction of sp³-hybridized carbons (Fsp3) is 0.435. The van der Waals surface area contributed by atoms with E-state index < -0.39 is 9.84 Å². The maximum Gasteiger partial charge on any atom is 0.223 e. The number of rotatable bonds is 9. The highest BCUT2D eigenvalue weighted by Gasteiger charge is 2.29. The predicted octanol–water partition coefficient (Wildman–Crippen LogP) is 2.37. The molecule has 3 N–H and O–H groups in total. The van der Waals surface area contributed by atoms with E-state index in [1.165, 1.54) is 12.6 Å². The summed E-state index contributed by atoms with van der Waals surface area (Å²) in [5, 5.41) is 7.08. The van der Waals surface area contributed by atoms with Crippen molar-refractivity contribution in [1.29, 1.82) is 0 Å². The van der Waals surface area contributed by atoms with Gasteiger partial charge in [0.25, 0.3) is 0 Å². The van der Waals surface area contributed by atoms with E-state index >= 15 is 0 Å². The highest BCUT2D eigenvalue weighted by atomic mass is 32.2. The zero-order chi connectivity index (χ0) is 24.3. The van der Waals surface area contributed by atoms with E-state index in [-0.39, 0.29) is 17.6 Å². The van der Waals surface area contributed by atoms with Gasteiger partial charge in [0.2, 0.25) is 5.91 Å². The molecule has 0 unspecified atom stereocenters. The van der Waals surface area contributed by atoms with Crippen LogP contribution < -0.4 is 20.1 Å². The van der Waals surface area contributed by atoms with Gasteiger partial charge < -0.3 is 25.1 Å². The topological polar surface area (TPSA) is 135 Å². The molecular formula is C23H29N5O5S. The van der Waals surface area contributed by atoms with Crippen molar-refractivity contribution in [2.45, 2.75) is 25.7 Å². The van der Waals surface area contributed by atoms with Gasteiger partial charge in [0.15, 0.2) is 0 Å². The second-order valence-corrected chi connectivity index (χ2v) is 10.7. The number of sulfone groups is 1. The average Bonchev–Trinajstić information content (AvgIpc) is 3.20. The van der Waals surface area contributed by atoms with E-state index in [0.29, 0.717) is 48.8 Å². The predicted molar refractivity (Wildman–Crippen MR) is 130 cm³/mol. The van der Waals surface area contributed by atoms with Crippen molar-refractivity contribution in [1.82, 2.24) is 20.3 Å². The number of nitrogens with zero attached hydrogens (tertiary/aromatic N) is 2. The van der Waals surface area contributed by atoms with Crippen LogP contribution in [0.25, 0.3) is 11.0 Å². The monoisotopic (exact) mass is 487 g/mol. The van der Waals surface area contributed by atoms with Crippen LogP contribution in [0.3, 0.4) is 0 Å². The molecule has 0 saturated carbocycles. The molecule has 1 aliphatic carbocycles. The molecule has 1 amide bonds. The van der Waals surface area contributed by atoms with Gasteiger partial charge in [-0.25, -0.2) is 18.4 Å². The Morgan fingerprint density at radius 1 is 1.24 bits per heavy atom. The zero-order valence-electron chi connectivity index (χ0n) is 19.5. The summed E-state index contributed by atoms with van der Waals surface area (Å²) in [6.07, 6.45) is 5.08. The minimum atomic E-state index is -3.04. The van der Waals surface area contributed by atoms with Crippen LogP contribution in [-0.4, -0.2) is 62.0 Å². The Kier molecular flexibility index (Phi) is 6.92. The van der Waals surface area contributed by atoms with Crippen LogP contribution in [0.1, 0.15) is 24.1 Å². The van der Waals surface area contributed by atoms with Gasteiger partial charge in [-0.2, -0.15) is 0 Å². The molecule has 11 heteroatoms. The zero-order valence-corrected chi connectivity index (χ0v) is 20.3. The molecule has 0 radical (unpaired) electrons. The molecule has 0 spiro atoms. The maximum absolute atomic E-state index is 12.8. The highest BCUT2D eigenvalue weighted by Crippen LogP contribution is 2.37. The molecular weight excluding hydrogens is 458 g/mol. The lowest BCUT2D eigenvalue weighted by Gasteiger charge is -2.22. The normalized spacial score (nSPS) is 15.6. The first-order chi connectivity index (χ1) is 16.3. The molecule has 0 aliphatic heterocycles. The van der Waals surface area contributed by atoms with Crippen LogP contribution in [0, 0.1) is 5.92 Å². The van der Waals surface area contributed by atoms with Crippen molar-refractivity contribution in [2.75, 3.05) is 38.1 Å². The summed E-state index contributed by atoms with van der Waals surface area (Å²) in [6.45, 7) is 0.344. The Balaban J connectivity index is 1.55. The standard InChI is InChI=1S/C23H29N5O5S/c1-32-15-6-8-18(19(12-15)33-2)28-22-20-16-11-14(23(29)24-9-4-10-34(3,30)31)5-7-17(16)27-21(20)25-13-26-22/h6,8,12-14H,4-5,7,9-11H2,1-3H3,(H,24,29)(H2,25,26,27,28)/t14-/m0/s1. The van der Waals surface area contributed by atoms with Crippen molar-refractivity contribution in [3.8, 4) is 11.5 Å². The molecule has 1 atom stereocenters. The number of hydrogen-bond donors (Lipinski definition) is 3. The number of nitrogens with one attached hydrogen (secondary N) is 3. The smallest absolute Gasteiger partial charge is 0.223 e. The fourth-order valence-electron chi connectivity index (χ4n) is 4.28. The quantitative estimate of drug-likeness (QED) is 0.392. The second kappa shape index (κ2) is 9.88. The summed E-state index contributed by atoms with van der Waals surface area (Å²) in [5.74, 6) is 1.72. The van der Waals surface area contributed by atoms with Crippen LogP contribution in [0.15, 0.2) is 24.5 Å².